The van der Waals surface area contributed by atoms with Gasteiger partial charge in [0.25, 0.3) is 15.9 Å². The van der Waals surface area contributed by atoms with Gasteiger partial charge in [-0.15, -0.1) is 4.40 Å². The Bertz CT molecular complexity index is 1100. The number of rotatable bonds is 2. The first-order chi connectivity index (χ1) is 12.4. The molecule has 0 N–H and O–H groups in total. The molecule has 0 saturated heterocycles. The second-order valence-electron chi connectivity index (χ2n) is 6.24. The number of carbonyl (C=O) groups excluding carboxylic acids is 1. The van der Waals surface area contributed by atoms with Crippen LogP contribution in [0.5, 0.6) is 0 Å². The lowest BCUT2D eigenvalue weighted by molar-refractivity contribution is -0.114. The molecular weight excluding hydrogens is 350 g/mol. The van der Waals surface area contributed by atoms with Crippen molar-refractivity contribution in [2.24, 2.45) is 4.40 Å². The Labute approximate surface area is 151 Å². The van der Waals surface area contributed by atoms with Crippen LogP contribution in [0.25, 0.3) is 10.8 Å². The average Bonchev–Trinajstić information content (AvgIpc) is 2.65. The summed E-state index contributed by atoms with van der Waals surface area (Å²) in [6.07, 6.45) is 4.83. The van der Waals surface area contributed by atoms with E-state index in [0.717, 1.165) is 16.5 Å². The third-order valence-corrected chi connectivity index (χ3v) is 5.66. The van der Waals surface area contributed by atoms with Crippen LogP contribution < -0.4 is 4.90 Å². The van der Waals surface area contributed by atoms with E-state index in [1.807, 2.05) is 42.5 Å². The number of sulfonamides is 1. The van der Waals surface area contributed by atoms with Crippen molar-refractivity contribution in [1.82, 2.24) is 4.90 Å². The Morgan fingerprint density at radius 2 is 1.88 bits per heavy atom. The molecule has 2 aliphatic rings. The number of likely N-dealkylation sites (N-methyl/N-ethyl adjacent to an activating group) is 1. The van der Waals surface area contributed by atoms with Crippen LogP contribution in [0.3, 0.4) is 0 Å². The van der Waals surface area contributed by atoms with E-state index in [2.05, 4.69) is 4.40 Å². The van der Waals surface area contributed by atoms with E-state index >= 15 is 0 Å². The summed E-state index contributed by atoms with van der Waals surface area (Å²) in [6.45, 7) is 0.294. The van der Waals surface area contributed by atoms with Gasteiger partial charge in [0.2, 0.25) is 0 Å². The fraction of sp³-hybridized carbons (Fsp3) is 0.158. The van der Waals surface area contributed by atoms with Crippen LogP contribution in [-0.2, 0) is 14.8 Å². The van der Waals surface area contributed by atoms with E-state index in [1.165, 1.54) is 0 Å². The first-order valence-corrected chi connectivity index (χ1v) is 9.80. The summed E-state index contributed by atoms with van der Waals surface area (Å²) in [4.78, 5) is 16.1. The van der Waals surface area contributed by atoms with Crippen molar-refractivity contribution in [2.45, 2.75) is 0 Å². The zero-order valence-corrected chi connectivity index (χ0v) is 15.0. The molecule has 26 heavy (non-hydrogen) atoms. The van der Waals surface area contributed by atoms with Crippen LogP contribution in [0.2, 0.25) is 0 Å². The standard InChI is InChI=1S/C19H17N3O3S/c1-21(17-8-6-14-4-2-3-5-15(14)12-17)19(23)16-7-9-18-20-26(24,25)11-10-22(18)13-16/h2-9,12-13H,10-11H2,1H3. The second-order valence-corrected chi connectivity index (χ2v) is 8.00. The van der Waals surface area contributed by atoms with Crippen LogP contribution >= 0.6 is 0 Å². The molecule has 0 atom stereocenters. The number of carbonyl (C=O) groups is 1. The Balaban J connectivity index is 1.61. The lowest BCUT2D eigenvalue weighted by Gasteiger charge is -2.28. The molecule has 2 heterocycles. The van der Waals surface area contributed by atoms with Crippen molar-refractivity contribution in [3.8, 4) is 0 Å². The highest BCUT2D eigenvalue weighted by Crippen LogP contribution is 2.24. The highest BCUT2D eigenvalue weighted by molar-refractivity contribution is 7.90. The van der Waals surface area contributed by atoms with E-state index < -0.39 is 10.0 Å². The number of amides is 1. The van der Waals surface area contributed by atoms with Gasteiger partial charge in [-0.1, -0.05) is 30.3 Å². The quantitative estimate of drug-likeness (QED) is 0.817. The van der Waals surface area contributed by atoms with Crippen LogP contribution in [0.15, 0.2) is 70.8 Å². The number of nitrogens with zero attached hydrogens (tertiary/aromatic N) is 3. The second kappa shape index (κ2) is 6.10. The van der Waals surface area contributed by atoms with Gasteiger partial charge in [0.15, 0.2) is 0 Å². The van der Waals surface area contributed by atoms with Crippen LogP contribution in [-0.4, -0.2) is 44.4 Å². The molecule has 0 saturated carbocycles. The molecule has 0 unspecified atom stereocenters. The molecule has 6 nitrogen and oxygen atoms in total. The Morgan fingerprint density at radius 1 is 1.12 bits per heavy atom. The lowest BCUT2D eigenvalue weighted by atomic mass is 10.1. The summed E-state index contributed by atoms with van der Waals surface area (Å²) in [5, 5.41) is 2.18. The lowest BCUT2D eigenvalue weighted by Crippen LogP contribution is -2.38. The number of benzene rings is 2. The van der Waals surface area contributed by atoms with Gasteiger partial charge in [0, 0.05) is 25.5 Å². The number of hydrogen-bond acceptors (Lipinski definition) is 4. The molecule has 0 radical (unpaired) electrons. The molecule has 132 valence electrons. The maximum absolute atomic E-state index is 12.9. The summed E-state index contributed by atoms with van der Waals surface area (Å²) in [7, 11) is -1.67. The summed E-state index contributed by atoms with van der Waals surface area (Å²) >= 11 is 0. The number of anilines is 1. The van der Waals surface area contributed by atoms with Gasteiger partial charge in [0.05, 0.1) is 11.3 Å². The van der Waals surface area contributed by atoms with Gasteiger partial charge in [0.1, 0.15) is 5.84 Å². The van der Waals surface area contributed by atoms with E-state index in [1.54, 1.807) is 35.2 Å². The zero-order valence-electron chi connectivity index (χ0n) is 14.2. The molecule has 0 fully saturated rings. The van der Waals surface area contributed by atoms with Gasteiger partial charge in [-0.05, 0) is 35.1 Å². The number of hydrogen-bond donors (Lipinski definition) is 0. The van der Waals surface area contributed by atoms with Crippen molar-refractivity contribution in [3.05, 3.63) is 66.4 Å². The first kappa shape index (κ1) is 16.5. The van der Waals surface area contributed by atoms with Crippen LogP contribution in [0, 0.1) is 0 Å². The Hall–Kier alpha value is -2.93. The highest BCUT2D eigenvalue weighted by atomic mass is 32.2. The van der Waals surface area contributed by atoms with Gasteiger partial charge >= 0.3 is 0 Å². The number of amidine groups is 1. The highest BCUT2D eigenvalue weighted by Gasteiger charge is 2.26. The zero-order chi connectivity index (χ0) is 18.3. The Morgan fingerprint density at radius 3 is 2.69 bits per heavy atom. The van der Waals surface area contributed by atoms with Crippen LogP contribution in [0.1, 0.15) is 0 Å². The van der Waals surface area contributed by atoms with Gasteiger partial charge in [-0.3, -0.25) is 4.79 Å². The molecule has 0 bridgehead atoms. The van der Waals surface area contributed by atoms with Crippen molar-refractivity contribution >= 4 is 38.2 Å². The molecule has 2 aliphatic heterocycles. The fourth-order valence-electron chi connectivity index (χ4n) is 3.02. The smallest absolute Gasteiger partial charge is 0.259 e. The SMILES string of the molecule is CN(C(=O)C1=CN2CCS(=O)(=O)N=C2C=C1)c1ccc2ccccc2c1. The maximum atomic E-state index is 12.9. The molecule has 1 amide bonds. The maximum Gasteiger partial charge on any atom is 0.259 e. The third-order valence-electron chi connectivity index (χ3n) is 4.50. The molecular formula is C19H17N3O3S. The molecule has 2 aromatic carbocycles. The molecule has 0 spiro atoms. The minimum absolute atomic E-state index is 0.0528. The minimum Gasteiger partial charge on any atom is -0.330 e. The summed E-state index contributed by atoms with van der Waals surface area (Å²) < 4.78 is 26.9. The topological polar surface area (TPSA) is 70.1 Å². The van der Waals surface area contributed by atoms with E-state index in [0.29, 0.717) is 18.0 Å². The van der Waals surface area contributed by atoms with Gasteiger partial charge < -0.3 is 9.80 Å². The molecule has 2 aromatic rings. The first-order valence-electron chi connectivity index (χ1n) is 8.19. The molecule has 0 aliphatic carbocycles. The van der Waals surface area contributed by atoms with E-state index in [9.17, 15) is 13.2 Å². The van der Waals surface area contributed by atoms with E-state index in [4.69, 9.17) is 0 Å². The average molecular weight is 367 g/mol. The van der Waals surface area contributed by atoms with Gasteiger partial charge in [-0.25, -0.2) is 8.42 Å². The monoisotopic (exact) mass is 367 g/mol. The Kier molecular flexibility index (Phi) is 3.88. The summed E-state index contributed by atoms with van der Waals surface area (Å²) in [5.41, 5.74) is 1.28. The predicted octanol–water partition coefficient (Wildman–Crippen LogP) is 2.30. The van der Waals surface area contributed by atoms with Crippen molar-refractivity contribution in [3.63, 3.8) is 0 Å². The van der Waals surface area contributed by atoms with E-state index in [-0.39, 0.29) is 11.7 Å². The number of fused-ring (bicyclic) bond motifs is 2. The molecule has 4 rings (SSSR count). The summed E-state index contributed by atoms with van der Waals surface area (Å²) in [6, 6.07) is 13.8. The van der Waals surface area contributed by atoms with Crippen molar-refractivity contribution < 1.29 is 13.2 Å². The molecule has 7 heteroatoms. The van der Waals surface area contributed by atoms with Crippen molar-refractivity contribution in [2.75, 3.05) is 24.2 Å². The normalized spacial score (nSPS) is 18.1. The molecule has 0 aromatic heterocycles. The summed E-state index contributed by atoms with van der Waals surface area (Å²) in [5.74, 6) is 0.133. The van der Waals surface area contributed by atoms with Crippen molar-refractivity contribution in [1.29, 1.82) is 0 Å². The largest absolute Gasteiger partial charge is 0.330 e. The third kappa shape index (κ3) is 3.01. The predicted molar refractivity (Wildman–Crippen MR) is 103 cm³/mol. The van der Waals surface area contributed by atoms with Gasteiger partial charge in [-0.2, -0.15) is 0 Å². The fourth-order valence-corrected chi connectivity index (χ4v) is 3.99. The minimum atomic E-state index is -3.40. The van der Waals surface area contributed by atoms with Crippen LogP contribution in [0.4, 0.5) is 5.69 Å².